The number of piperidine rings is 1. The van der Waals surface area contributed by atoms with Crippen molar-refractivity contribution in [3.05, 3.63) is 35.9 Å². The summed E-state index contributed by atoms with van der Waals surface area (Å²) in [6, 6.07) is 10.1. The molecule has 0 bridgehead atoms. The van der Waals surface area contributed by atoms with Gasteiger partial charge in [0.2, 0.25) is 0 Å². The van der Waals surface area contributed by atoms with Crippen LogP contribution in [0.2, 0.25) is 0 Å². The van der Waals surface area contributed by atoms with Crippen LogP contribution in [0, 0.1) is 5.92 Å². The highest BCUT2D eigenvalue weighted by Crippen LogP contribution is 2.31. The first-order valence-electron chi connectivity index (χ1n) is 6.13. The van der Waals surface area contributed by atoms with Crippen molar-refractivity contribution >= 4 is 0 Å². The topological polar surface area (TPSA) is 20.2 Å². The smallest absolute Gasteiger partial charge is 0.0822 e. The predicted molar refractivity (Wildman–Crippen MR) is 66.0 cm³/mol. The van der Waals surface area contributed by atoms with Gasteiger partial charge in [0.05, 0.1) is 33.3 Å². The van der Waals surface area contributed by atoms with E-state index in [1.165, 1.54) is 13.1 Å². The van der Waals surface area contributed by atoms with E-state index in [2.05, 4.69) is 14.1 Å². The summed E-state index contributed by atoms with van der Waals surface area (Å²) in [6.45, 7) is 2.35. The quantitative estimate of drug-likeness (QED) is 0.549. The van der Waals surface area contributed by atoms with Crippen molar-refractivity contribution in [2.24, 2.45) is 5.92 Å². The van der Waals surface area contributed by atoms with E-state index in [-0.39, 0.29) is 30.1 Å². The third-order valence-electron chi connectivity index (χ3n) is 3.80. The predicted octanol–water partition coefficient (Wildman–Crippen LogP) is -0.790. The van der Waals surface area contributed by atoms with Crippen LogP contribution in [0.1, 0.15) is 24.5 Å². The molecule has 1 aliphatic heterocycles. The molecule has 0 radical (unpaired) electrons. The Morgan fingerprint density at radius 1 is 1.12 bits per heavy atom. The Balaban J connectivity index is 0.00000144. The van der Waals surface area contributed by atoms with E-state index in [1.54, 1.807) is 0 Å². The van der Waals surface area contributed by atoms with Crippen LogP contribution >= 0.6 is 0 Å². The molecule has 0 saturated carbocycles. The standard InChI is InChI=1S/C14H22NO.HI/c1-15(2)10-8-13(9-11-15)14(16)12-6-4-3-5-7-12;/h3-7,13-14,16H,8-11H2,1-2H3;1H/q+1;/p-1. The van der Waals surface area contributed by atoms with Gasteiger partial charge in [-0.2, -0.15) is 0 Å². The summed E-state index contributed by atoms with van der Waals surface area (Å²) in [7, 11) is 4.54. The fourth-order valence-corrected chi connectivity index (χ4v) is 2.52. The van der Waals surface area contributed by atoms with Gasteiger partial charge in [0.25, 0.3) is 0 Å². The third-order valence-corrected chi connectivity index (χ3v) is 3.80. The maximum absolute atomic E-state index is 10.3. The first kappa shape index (κ1) is 14.9. The van der Waals surface area contributed by atoms with E-state index in [9.17, 15) is 5.11 Å². The molecule has 1 saturated heterocycles. The number of halogens is 1. The Morgan fingerprint density at radius 3 is 2.18 bits per heavy atom. The van der Waals surface area contributed by atoms with Gasteiger partial charge in [-0.25, -0.2) is 0 Å². The highest BCUT2D eigenvalue weighted by Gasteiger charge is 2.30. The lowest BCUT2D eigenvalue weighted by molar-refractivity contribution is -0.896. The fourth-order valence-electron chi connectivity index (χ4n) is 2.52. The molecule has 0 aromatic heterocycles. The second-order valence-electron chi connectivity index (χ2n) is 5.58. The van der Waals surface area contributed by atoms with E-state index in [0.717, 1.165) is 22.9 Å². The van der Waals surface area contributed by atoms with Gasteiger partial charge in [0, 0.05) is 12.8 Å². The van der Waals surface area contributed by atoms with Crippen LogP contribution in [0.4, 0.5) is 0 Å². The van der Waals surface area contributed by atoms with E-state index in [1.807, 2.05) is 30.3 Å². The zero-order valence-corrected chi connectivity index (χ0v) is 12.8. The van der Waals surface area contributed by atoms with Crippen LogP contribution in [0.5, 0.6) is 0 Å². The monoisotopic (exact) mass is 347 g/mol. The van der Waals surface area contributed by atoms with Crippen LogP contribution in [-0.2, 0) is 0 Å². The Hall–Kier alpha value is -0.130. The number of aliphatic hydroxyl groups is 1. The lowest BCUT2D eigenvalue weighted by Crippen LogP contribution is -3.00. The van der Waals surface area contributed by atoms with Crippen LogP contribution in [0.3, 0.4) is 0 Å². The molecule has 2 rings (SSSR count). The van der Waals surface area contributed by atoms with Crippen molar-refractivity contribution in [3.63, 3.8) is 0 Å². The molecule has 1 aromatic rings. The van der Waals surface area contributed by atoms with E-state index in [4.69, 9.17) is 0 Å². The molecule has 1 aliphatic rings. The molecule has 0 amide bonds. The van der Waals surface area contributed by atoms with Crippen molar-refractivity contribution in [3.8, 4) is 0 Å². The summed E-state index contributed by atoms with van der Waals surface area (Å²) in [6.07, 6.45) is 1.98. The highest BCUT2D eigenvalue weighted by atomic mass is 127. The van der Waals surface area contributed by atoms with Gasteiger partial charge < -0.3 is 33.6 Å². The number of benzene rings is 1. The van der Waals surface area contributed by atoms with Crippen LogP contribution in [0.15, 0.2) is 30.3 Å². The number of quaternary nitrogens is 1. The molecule has 1 heterocycles. The lowest BCUT2D eigenvalue weighted by atomic mass is 9.87. The van der Waals surface area contributed by atoms with Crippen LogP contribution in [0.25, 0.3) is 0 Å². The molecule has 1 aromatic carbocycles. The molecule has 0 spiro atoms. The minimum absolute atomic E-state index is 0. The first-order valence-corrected chi connectivity index (χ1v) is 6.13. The summed E-state index contributed by atoms with van der Waals surface area (Å²) < 4.78 is 1.10. The molecular weight excluding hydrogens is 325 g/mol. The van der Waals surface area contributed by atoms with E-state index < -0.39 is 0 Å². The van der Waals surface area contributed by atoms with Gasteiger partial charge in [0.1, 0.15) is 0 Å². The lowest BCUT2D eigenvalue weighted by Gasteiger charge is -2.38. The normalized spacial score (nSPS) is 21.6. The third kappa shape index (κ3) is 3.93. The summed E-state index contributed by atoms with van der Waals surface area (Å²) >= 11 is 0. The molecular formula is C14H22INO. The Labute approximate surface area is 121 Å². The van der Waals surface area contributed by atoms with Crippen molar-refractivity contribution < 1.29 is 33.6 Å². The molecule has 1 N–H and O–H groups in total. The molecule has 17 heavy (non-hydrogen) atoms. The number of likely N-dealkylation sites (tertiary alicyclic amines) is 1. The second-order valence-corrected chi connectivity index (χ2v) is 5.58. The van der Waals surface area contributed by atoms with Gasteiger partial charge in [-0.3, -0.25) is 0 Å². The highest BCUT2D eigenvalue weighted by molar-refractivity contribution is 5.18. The zero-order valence-electron chi connectivity index (χ0n) is 10.6. The number of nitrogens with zero attached hydrogens (tertiary/aromatic N) is 1. The van der Waals surface area contributed by atoms with Gasteiger partial charge in [-0.05, 0) is 11.5 Å². The van der Waals surface area contributed by atoms with Crippen molar-refractivity contribution in [2.75, 3.05) is 27.2 Å². The maximum atomic E-state index is 10.3. The van der Waals surface area contributed by atoms with Crippen molar-refractivity contribution in [2.45, 2.75) is 18.9 Å². The minimum Gasteiger partial charge on any atom is -1.00 e. The summed E-state index contributed by atoms with van der Waals surface area (Å²) in [5, 5.41) is 10.3. The molecule has 1 atom stereocenters. The Bertz CT molecular complexity index is 329. The van der Waals surface area contributed by atoms with E-state index in [0.29, 0.717) is 5.92 Å². The molecule has 2 nitrogen and oxygen atoms in total. The zero-order chi connectivity index (χ0) is 11.6. The fraction of sp³-hybridized carbons (Fsp3) is 0.571. The van der Waals surface area contributed by atoms with Crippen LogP contribution in [-0.4, -0.2) is 36.8 Å². The molecule has 1 unspecified atom stereocenters. The van der Waals surface area contributed by atoms with Gasteiger partial charge >= 0.3 is 0 Å². The average molecular weight is 347 g/mol. The molecule has 0 aliphatic carbocycles. The number of aliphatic hydroxyl groups excluding tert-OH is 1. The van der Waals surface area contributed by atoms with Crippen molar-refractivity contribution in [1.82, 2.24) is 0 Å². The van der Waals surface area contributed by atoms with E-state index >= 15 is 0 Å². The summed E-state index contributed by atoms with van der Waals surface area (Å²) in [4.78, 5) is 0. The number of hydrogen-bond acceptors (Lipinski definition) is 1. The van der Waals surface area contributed by atoms with Gasteiger partial charge in [-0.1, -0.05) is 30.3 Å². The number of rotatable bonds is 2. The molecule has 1 fully saturated rings. The second kappa shape index (κ2) is 6.16. The van der Waals surface area contributed by atoms with Crippen LogP contribution < -0.4 is 24.0 Å². The SMILES string of the molecule is C[N+]1(C)CCC(C(O)c2ccccc2)CC1.[I-]. The van der Waals surface area contributed by atoms with Gasteiger partial charge in [0.15, 0.2) is 0 Å². The van der Waals surface area contributed by atoms with Crippen molar-refractivity contribution in [1.29, 1.82) is 0 Å². The Morgan fingerprint density at radius 2 is 1.65 bits per heavy atom. The minimum atomic E-state index is -0.276. The summed E-state index contributed by atoms with van der Waals surface area (Å²) in [5.41, 5.74) is 1.07. The van der Waals surface area contributed by atoms with Gasteiger partial charge in [-0.15, -0.1) is 0 Å². The average Bonchev–Trinajstić information content (AvgIpc) is 2.29. The largest absolute Gasteiger partial charge is 1.00 e. The maximum Gasteiger partial charge on any atom is 0.0822 e. The Kier molecular flexibility index (Phi) is 5.41. The summed E-state index contributed by atoms with van der Waals surface area (Å²) in [5.74, 6) is 0.438. The molecule has 96 valence electrons. The number of hydrogen-bond donors (Lipinski definition) is 1. The molecule has 3 heteroatoms. The first-order chi connectivity index (χ1) is 7.58.